The molecule has 2 aliphatic carbocycles. The average Bonchev–Trinajstić information content (AvgIpc) is 3.78. The number of methoxy groups -OCH3 is 1. The zero-order valence-electron chi connectivity index (χ0n) is 32.9. The highest BCUT2D eigenvalue weighted by Gasteiger charge is 2.69. The number of hydrogen-bond acceptors (Lipinski definition) is 9. The van der Waals surface area contributed by atoms with E-state index in [2.05, 4.69) is 24.2 Å². The van der Waals surface area contributed by atoms with Gasteiger partial charge in [-0.15, -0.1) is 0 Å². The zero-order chi connectivity index (χ0) is 38.9. The smallest absolute Gasteiger partial charge is 0.355 e. The van der Waals surface area contributed by atoms with Crippen LogP contribution in [-0.2, 0) is 35.0 Å². The van der Waals surface area contributed by atoms with Crippen molar-refractivity contribution in [2.45, 2.75) is 82.9 Å². The number of likely N-dealkylation sites (N-methyl/N-ethyl adjacent to an activating group) is 1. The van der Waals surface area contributed by atoms with Crippen molar-refractivity contribution >= 4 is 17.9 Å². The van der Waals surface area contributed by atoms with Crippen LogP contribution in [0.4, 0.5) is 0 Å². The van der Waals surface area contributed by atoms with Gasteiger partial charge in [-0.05, 0) is 44.0 Å². The first-order valence-electron chi connectivity index (χ1n) is 20.1. The Morgan fingerprint density at radius 3 is 2.45 bits per heavy atom. The Morgan fingerprint density at radius 2 is 1.76 bits per heavy atom. The van der Waals surface area contributed by atoms with E-state index < -0.39 is 72.0 Å². The Morgan fingerprint density at radius 1 is 1.04 bits per heavy atom. The third-order valence-corrected chi connectivity index (χ3v) is 14.3. The SMILES string of the molecule is CO[C@H]1CC2C=C[C@H]3[C@H]4O[C@]2(/C(C)=C/[C@@H](C)[C@@H]([C@@H](C)OC(=O)c2ccccc2C[N+]25CC[N+](C)(CC2)CC5)OC1=O)[C@@H]3[C@H](O)[C@@H](C)[C@H]4OC(=O)c1ccc[nH]1. The Balaban J connectivity index is 1.07. The highest BCUT2D eigenvalue weighted by molar-refractivity contribution is 5.91. The number of nitrogens with one attached hydrogen (secondary N) is 1. The van der Waals surface area contributed by atoms with E-state index in [1.165, 1.54) is 7.11 Å². The van der Waals surface area contributed by atoms with E-state index in [0.29, 0.717) is 11.3 Å². The number of carbonyl (C=O) groups excluding carboxylic acids is 3. The molecule has 296 valence electrons. The molecule has 0 amide bonds. The minimum absolute atomic E-state index is 0.224. The molecule has 7 aliphatic rings. The molecule has 12 atom stereocenters. The first-order valence-corrected chi connectivity index (χ1v) is 20.1. The Bertz CT molecular complexity index is 1830. The number of esters is 3. The Hall–Kier alpha value is -3.81. The molecule has 0 radical (unpaired) electrons. The second-order valence-electron chi connectivity index (χ2n) is 17.6. The minimum Gasteiger partial charge on any atom is -0.456 e. The molecule has 1 aromatic heterocycles. The number of ether oxygens (including phenoxy) is 5. The second kappa shape index (κ2) is 14.3. The number of aliphatic hydroxyl groups excluding tert-OH is 1. The van der Waals surface area contributed by atoms with E-state index >= 15 is 0 Å². The fourth-order valence-corrected chi connectivity index (χ4v) is 10.9. The summed E-state index contributed by atoms with van der Waals surface area (Å²) in [6, 6.07) is 11.1. The van der Waals surface area contributed by atoms with E-state index in [1.807, 2.05) is 51.1 Å². The summed E-state index contributed by atoms with van der Waals surface area (Å²) in [7, 11) is 3.83. The van der Waals surface area contributed by atoms with Gasteiger partial charge in [0, 0.05) is 48.5 Å². The molecule has 55 heavy (non-hydrogen) atoms. The molecule has 1 aromatic carbocycles. The molecule has 1 spiro atoms. The summed E-state index contributed by atoms with van der Waals surface area (Å²) >= 11 is 0. The lowest BCUT2D eigenvalue weighted by atomic mass is 9.57. The van der Waals surface area contributed by atoms with Crippen molar-refractivity contribution in [3.05, 3.63) is 83.2 Å². The molecule has 1 unspecified atom stereocenters. The summed E-state index contributed by atoms with van der Waals surface area (Å²) in [6.45, 7) is 15.1. The molecule has 5 fully saturated rings. The number of fused-ring (bicyclic) bond motifs is 3. The average molecular weight is 760 g/mol. The molecule has 1 saturated carbocycles. The number of hydrogen-bond donors (Lipinski definition) is 2. The van der Waals surface area contributed by atoms with Gasteiger partial charge in [-0.3, -0.25) is 0 Å². The van der Waals surface area contributed by atoms with Crippen molar-refractivity contribution in [1.29, 1.82) is 0 Å². The van der Waals surface area contributed by atoms with Crippen molar-refractivity contribution in [2.24, 2.45) is 29.6 Å². The number of aliphatic hydroxyl groups is 1. The van der Waals surface area contributed by atoms with Crippen LogP contribution in [0.3, 0.4) is 0 Å². The number of H-pyrrole nitrogens is 1. The summed E-state index contributed by atoms with van der Waals surface area (Å²) in [6.07, 6.45) is 3.39. The molecule has 2 aromatic rings. The van der Waals surface area contributed by atoms with E-state index in [9.17, 15) is 19.5 Å². The normalized spacial score (nSPS) is 42.0. The van der Waals surface area contributed by atoms with Crippen LogP contribution in [0, 0.1) is 29.6 Å². The van der Waals surface area contributed by atoms with E-state index in [4.69, 9.17) is 23.7 Å². The van der Waals surface area contributed by atoms with Crippen LogP contribution in [0.1, 0.15) is 60.5 Å². The maximum atomic E-state index is 14.0. The van der Waals surface area contributed by atoms with Crippen molar-refractivity contribution < 1.29 is 52.1 Å². The second-order valence-corrected chi connectivity index (χ2v) is 17.6. The number of rotatable bonds is 8. The van der Waals surface area contributed by atoms with Crippen molar-refractivity contribution in [3.63, 3.8) is 0 Å². The predicted octanol–water partition coefficient (Wildman–Crippen LogP) is 4.06. The van der Waals surface area contributed by atoms with Crippen molar-refractivity contribution in [3.8, 4) is 0 Å². The van der Waals surface area contributed by atoms with Gasteiger partial charge >= 0.3 is 17.9 Å². The van der Waals surface area contributed by atoms with E-state index in [-0.39, 0.29) is 24.2 Å². The van der Waals surface area contributed by atoms with Gasteiger partial charge in [0.25, 0.3) is 0 Å². The molecule has 9 rings (SSSR count). The third-order valence-electron chi connectivity index (χ3n) is 14.3. The zero-order valence-corrected chi connectivity index (χ0v) is 32.9. The monoisotopic (exact) mass is 759 g/mol. The molecule has 12 nitrogen and oxygen atoms in total. The van der Waals surface area contributed by atoms with Crippen LogP contribution in [0.5, 0.6) is 0 Å². The van der Waals surface area contributed by atoms with Crippen LogP contribution in [-0.4, -0.2) is 133 Å². The molecule has 5 aliphatic heterocycles. The summed E-state index contributed by atoms with van der Waals surface area (Å²) in [4.78, 5) is 44.1. The summed E-state index contributed by atoms with van der Waals surface area (Å²) in [5, 5.41) is 12.1. The number of aromatic nitrogens is 1. The minimum atomic E-state index is -1.01. The molecular formula is C43H57N3O9+2. The third kappa shape index (κ3) is 6.47. The van der Waals surface area contributed by atoms with Gasteiger partial charge in [0.05, 0.1) is 18.7 Å². The molecular weight excluding hydrogens is 702 g/mol. The summed E-state index contributed by atoms with van der Waals surface area (Å²) in [5.41, 5.74) is 1.71. The topological polar surface area (TPSA) is 133 Å². The van der Waals surface area contributed by atoms with Crippen LogP contribution in [0.25, 0.3) is 0 Å². The number of nitrogens with zero attached hydrogens (tertiary/aromatic N) is 2. The highest BCUT2D eigenvalue weighted by Crippen LogP contribution is 2.61. The highest BCUT2D eigenvalue weighted by atomic mass is 16.6. The fourth-order valence-electron chi connectivity index (χ4n) is 10.9. The van der Waals surface area contributed by atoms with Gasteiger partial charge in [0.1, 0.15) is 81.5 Å². The number of quaternary nitrogens is 2. The molecule has 4 saturated heterocycles. The Labute approximate surface area is 323 Å². The number of cyclic esters (lactones) is 1. The van der Waals surface area contributed by atoms with Gasteiger partial charge in [0.15, 0.2) is 6.10 Å². The van der Waals surface area contributed by atoms with Crippen LogP contribution in [0.15, 0.2) is 66.4 Å². The number of carbonyl (C=O) groups is 3. The van der Waals surface area contributed by atoms with Gasteiger partial charge in [-0.1, -0.05) is 50.3 Å². The first kappa shape index (κ1) is 38.1. The number of benzene rings is 1. The molecule has 12 heteroatoms. The van der Waals surface area contributed by atoms with Crippen LogP contribution in [0.2, 0.25) is 0 Å². The van der Waals surface area contributed by atoms with Crippen LogP contribution < -0.4 is 0 Å². The Kier molecular flexibility index (Phi) is 9.89. The van der Waals surface area contributed by atoms with E-state index in [0.717, 1.165) is 65.9 Å². The number of aromatic amines is 1. The molecule has 2 N–H and O–H groups in total. The molecule has 6 heterocycles. The van der Waals surface area contributed by atoms with Gasteiger partial charge < -0.3 is 42.7 Å². The van der Waals surface area contributed by atoms with Crippen LogP contribution >= 0.6 is 0 Å². The number of piperazine rings is 3. The van der Waals surface area contributed by atoms with E-state index in [1.54, 1.807) is 25.3 Å². The fraction of sp³-hybridized carbons (Fsp3) is 0.605. The van der Waals surface area contributed by atoms with Crippen molar-refractivity contribution in [1.82, 2.24) is 4.98 Å². The van der Waals surface area contributed by atoms with Gasteiger partial charge in [-0.2, -0.15) is 0 Å². The summed E-state index contributed by atoms with van der Waals surface area (Å²) < 4.78 is 33.5. The first-order chi connectivity index (χ1) is 26.3. The standard InChI is InChI=1S/C43H56N3O9/c1-25-22-26(2)43-30(13-14-32-35(43)36(47)27(3)38(39(32)55-43)54-41(49)33-12-9-15-44-33)23-34(51-6)42(50)53-37(25)28(4)52-40(48)31-11-8-7-10-29(31)24-46-19-16-45(5,17-20-46)18-21-46/h7-15,22,25,27-28,30,32,34-39,47H,16-21,23-24H2,1-6H3/q+1/p+1/b26-22+/t25-,27-,28-,30?,32-,34+,35+,36-,37+,38-,39-,43+,45?,46?/m1/s1. The van der Waals surface area contributed by atoms with Crippen molar-refractivity contribution in [2.75, 3.05) is 53.4 Å². The maximum Gasteiger partial charge on any atom is 0.355 e. The predicted molar refractivity (Wildman–Crippen MR) is 201 cm³/mol. The maximum absolute atomic E-state index is 14.0. The lowest BCUT2D eigenvalue weighted by Gasteiger charge is -2.54. The lowest BCUT2D eigenvalue weighted by Crippen LogP contribution is -2.73. The largest absolute Gasteiger partial charge is 0.456 e. The van der Waals surface area contributed by atoms with Gasteiger partial charge in [-0.25, -0.2) is 14.4 Å². The molecule has 6 bridgehead atoms. The quantitative estimate of drug-likeness (QED) is 0.177. The lowest BCUT2D eigenvalue weighted by molar-refractivity contribution is -1.08. The van der Waals surface area contributed by atoms with Gasteiger partial charge in [0.2, 0.25) is 0 Å². The summed E-state index contributed by atoms with van der Waals surface area (Å²) in [5.74, 6) is -3.25.